The van der Waals surface area contributed by atoms with Gasteiger partial charge < -0.3 is 5.32 Å². The Hall–Kier alpha value is -1.43. The van der Waals surface area contributed by atoms with Crippen molar-refractivity contribution >= 4 is 5.69 Å². The molecule has 0 bridgehead atoms. The Bertz CT molecular complexity index is 460. The molecule has 0 aromatic carbocycles. The molecule has 0 radical (unpaired) electrons. The van der Waals surface area contributed by atoms with E-state index in [1.807, 2.05) is 0 Å². The average molecular weight is 268 g/mol. The summed E-state index contributed by atoms with van der Waals surface area (Å²) >= 11 is 0. The summed E-state index contributed by atoms with van der Waals surface area (Å²) in [5, 5.41) is 18.6. The van der Waals surface area contributed by atoms with Gasteiger partial charge in [-0.25, -0.2) is 0 Å². The summed E-state index contributed by atoms with van der Waals surface area (Å²) in [5.74, 6) is 0.358. The highest BCUT2D eigenvalue weighted by atomic mass is 16.6. The van der Waals surface area contributed by atoms with Gasteiger partial charge in [0.15, 0.2) is 0 Å². The van der Waals surface area contributed by atoms with Gasteiger partial charge in [-0.15, -0.1) is 0 Å². The van der Waals surface area contributed by atoms with Crippen molar-refractivity contribution in [2.45, 2.75) is 53.6 Å². The molecule has 1 unspecified atom stereocenters. The molecule has 0 fully saturated rings. The Morgan fingerprint density at radius 2 is 2.00 bits per heavy atom. The highest BCUT2D eigenvalue weighted by molar-refractivity contribution is 5.39. The van der Waals surface area contributed by atoms with Gasteiger partial charge >= 0.3 is 5.69 Å². The zero-order valence-corrected chi connectivity index (χ0v) is 12.6. The van der Waals surface area contributed by atoms with E-state index in [0.717, 1.165) is 6.54 Å². The van der Waals surface area contributed by atoms with Crippen LogP contribution in [0.4, 0.5) is 5.69 Å². The number of hydrogen-bond donors (Lipinski definition) is 1. The molecule has 1 N–H and O–H groups in total. The molecule has 1 rings (SSSR count). The van der Waals surface area contributed by atoms with Crippen LogP contribution in [0.3, 0.4) is 0 Å². The SMILES string of the molecule is Cc1nn(CC(C)CNC(C)(C)C)c(C)c1[N+](=O)[O-]. The van der Waals surface area contributed by atoms with E-state index in [1.54, 1.807) is 18.5 Å². The predicted octanol–water partition coefficient (Wildman–Crippen LogP) is 2.43. The summed E-state index contributed by atoms with van der Waals surface area (Å²) in [6.07, 6.45) is 0. The second-order valence-electron chi connectivity index (χ2n) is 6.19. The molecule has 0 spiro atoms. The number of nitrogens with one attached hydrogen (secondary N) is 1. The Balaban J connectivity index is 2.73. The molecule has 1 aromatic heterocycles. The maximum Gasteiger partial charge on any atom is 0.312 e. The van der Waals surface area contributed by atoms with Crippen molar-refractivity contribution < 1.29 is 4.92 Å². The molecule has 1 atom stereocenters. The first-order valence-electron chi connectivity index (χ1n) is 6.55. The third-order valence-electron chi connectivity index (χ3n) is 2.99. The summed E-state index contributed by atoms with van der Waals surface area (Å²) in [4.78, 5) is 10.6. The molecule has 0 aliphatic carbocycles. The molecule has 6 heteroatoms. The topological polar surface area (TPSA) is 73.0 Å². The van der Waals surface area contributed by atoms with E-state index in [0.29, 0.717) is 23.9 Å². The molecule has 19 heavy (non-hydrogen) atoms. The van der Waals surface area contributed by atoms with Crippen LogP contribution in [0.5, 0.6) is 0 Å². The molecule has 0 aliphatic heterocycles. The van der Waals surface area contributed by atoms with Crippen LogP contribution in [0.25, 0.3) is 0 Å². The van der Waals surface area contributed by atoms with Gasteiger partial charge in [-0.05, 0) is 47.1 Å². The molecule has 6 nitrogen and oxygen atoms in total. The van der Waals surface area contributed by atoms with Crippen molar-refractivity contribution in [3.05, 3.63) is 21.5 Å². The van der Waals surface area contributed by atoms with E-state index in [1.165, 1.54) is 0 Å². The van der Waals surface area contributed by atoms with Crippen molar-refractivity contribution in [3.8, 4) is 0 Å². The number of aryl methyl sites for hydroxylation is 1. The number of hydrogen-bond acceptors (Lipinski definition) is 4. The maximum atomic E-state index is 10.9. The molecule has 0 saturated heterocycles. The third kappa shape index (κ3) is 4.31. The van der Waals surface area contributed by atoms with Crippen LogP contribution in [0.2, 0.25) is 0 Å². The van der Waals surface area contributed by atoms with Gasteiger partial charge in [-0.3, -0.25) is 14.8 Å². The van der Waals surface area contributed by atoms with Gasteiger partial charge in [0.05, 0.1) is 4.92 Å². The normalized spacial score (nSPS) is 13.6. The lowest BCUT2D eigenvalue weighted by Gasteiger charge is -2.23. The highest BCUT2D eigenvalue weighted by Crippen LogP contribution is 2.22. The first-order valence-corrected chi connectivity index (χ1v) is 6.55. The minimum atomic E-state index is -0.355. The Kier molecular flexibility index (Phi) is 4.68. The van der Waals surface area contributed by atoms with Crippen LogP contribution in [0.1, 0.15) is 39.1 Å². The van der Waals surface area contributed by atoms with Gasteiger partial charge in [0.2, 0.25) is 0 Å². The number of nitro groups is 1. The van der Waals surface area contributed by atoms with Crippen LogP contribution in [-0.4, -0.2) is 26.8 Å². The second kappa shape index (κ2) is 5.69. The summed E-state index contributed by atoms with van der Waals surface area (Å²) in [6.45, 7) is 13.4. The lowest BCUT2D eigenvalue weighted by Crippen LogP contribution is -2.39. The lowest BCUT2D eigenvalue weighted by atomic mass is 10.1. The van der Waals surface area contributed by atoms with Crippen LogP contribution in [-0.2, 0) is 6.54 Å². The van der Waals surface area contributed by atoms with Crippen LogP contribution < -0.4 is 5.32 Å². The summed E-state index contributed by atoms with van der Waals surface area (Å²) in [7, 11) is 0. The van der Waals surface area contributed by atoms with Crippen molar-refractivity contribution in [1.82, 2.24) is 15.1 Å². The standard InChI is InChI=1S/C13H24N4O2/c1-9(7-14-13(4,5)6)8-16-11(3)12(17(18)19)10(2)15-16/h9,14H,7-8H2,1-6H3. The zero-order valence-electron chi connectivity index (χ0n) is 12.6. The lowest BCUT2D eigenvalue weighted by molar-refractivity contribution is -0.386. The van der Waals surface area contributed by atoms with Crippen molar-refractivity contribution in [1.29, 1.82) is 0 Å². The van der Waals surface area contributed by atoms with Crippen molar-refractivity contribution in [3.63, 3.8) is 0 Å². The van der Waals surface area contributed by atoms with Gasteiger partial charge in [0, 0.05) is 12.1 Å². The summed E-state index contributed by atoms with van der Waals surface area (Å²) in [5.41, 5.74) is 1.33. The van der Waals surface area contributed by atoms with Crippen molar-refractivity contribution in [2.75, 3.05) is 6.54 Å². The molecule has 1 heterocycles. The minimum Gasteiger partial charge on any atom is -0.312 e. The highest BCUT2D eigenvalue weighted by Gasteiger charge is 2.22. The molecule has 1 aromatic rings. The van der Waals surface area contributed by atoms with Crippen LogP contribution in [0, 0.1) is 29.9 Å². The van der Waals surface area contributed by atoms with Gasteiger partial charge in [0.25, 0.3) is 0 Å². The quantitative estimate of drug-likeness (QED) is 0.657. The zero-order chi connectivity index (χ0) is 14.8. The summed E-state index contributed by atoms with van der Waals surface area (Å²) in [6, 6.07) is 0. The minimum absolute atomic E-state index is 0.0787. The Morgan fingerprint density at radius 3 is 2.42 bits per heavy atom. The Morgan fingerprint density at radius 1 is 1.42 bits per heavy atom. The number of rotatable bonds is 5. The van der Waals surface area contributed by atoms with E-state index in [-0.39, 0.29) is 16.1 Å². The Labute approximate surface area is 114 Å². The molecule has 0 saturated carbocycles. The van der Waals surface area contributed by atoms with E-state index >= 15 is 0 Å². The van der Waals surface area contributed by atoms with Crippen LogP contribution >= 0.6 is 0 Å². The smallest absolute Gasteiger partial charge is 0.312 e. The molecule has 108 valence electrons. The fourth-order valence-corrected chi connectivity index (χ4v) is 1.97. The first kappa shape index (κ1) is 15.6. The van der Waals surface area contributed by atoms with Crippen molar-refractivity contribution in [2.24, 2.45) is 5.92 Å². The maximum absolute atomic E-state index is 10.9. The number of nitrogens with zero attached hydrogens (tertiary/aromatic N) is 3. The first-order chi connectivity index (χ1) is 8.61. The largest absolute Gasteiger partial charge is 0.312 e. The van der Waals surface area contributed by atoms with Gasteiger partial charge in [-0.1, -0.05) is 6.92 Å². The fourth-order valence-electron chi connectivity index (χ4n) is 1.97. The molecule has 0 amide bonds. The average Bonchev–Trinajstić information content (AvgIpc) is 2.50. The molecule has 0 aliphatic rings. The van der Waals surface area contributed by atoms with Gasteiger partial charge in [-0.2, -0.15) is 5.10 Å². The molecular formula is C13H24N4O2. The fraction of sp³-hybridized carbons (Fsp3) is 0.769. The second-order valence-corrected chi connectivity index (χ2v) is 6.19. The monoisotopic (exact) mass is 268 g/mol. The third-order valence-corrected chi connectivity index (χ3v) is 2.99. The summed E-state index contributed by atoms with van der Waals surface area (Å²) < 4.78 is 1.74. The van der Waals surface area contributed by atoms with Gasteiger partial charge in [0.1, 0.15) is 11.4 Å². The van der Waals surface area contributed by atoms with E-state index in [2.05, 4.69) is 38.1 Å². The van der Waals surface area contributed by atoms with E-state index < -0.39 is 0 Å². The van der Waals surface area contributed by atoms with Crippen LogP contribution in [0.15, 0.2) is 0 Å². The number of aromatic nitrogens is 2. The van der Waals surface area contributed by atoms with E-state index in [4.69, 9.17) is 0 Å². The molecular weight excluding hydrogens is 244 g/mol. The van der Waals surface area contributed by atoms with E-state index in [9.17, 15) is 10.1 Å². The predicted molar refractivity (Wildman–Crippen MR) is 75.3 cm³/mol.